The third kappa shape index (κ3) is 1.59. The number of hydrogen-bond acceptors (Lipinski definition) is 0. The van der Waals surface area contributed by atoms with Crippen LogP contribution in [0.3, 0.4) is 0 Å². The number of hydrogen-bond donors (Lipinski definition) is 0. The number of nitrogens with zero attached hydrogens (tertiary/aromatic N) is 1. The topological polar surface area (TPSA) is 4.36 Å². The molecule has 0 fully saturated rings. The van der Waals surface area contributed by atoms with Crippen LogP contribution in [0.4, 0.5) is 0 Å². The Bertz CT molecular complexity index is 294. The van der Waals surface area contributed by atoms with Crippen LogP contribution in [0, 0.1) is 20.4 Å². The van der Waals surface area contributed by atoms with Crippen LogP contribution in [0.2, 0.25) is 0 Å². The summed E-state index contributed by atoms with van der Waals surface area (Å²) in [5, 5.41) is 0. The normalized spacial score (nSPS) is 9.18. The van der Waals surface area contributed by atoms with Gasteiger partial charge < -0.3 is 4.85 Å². The summed E-state index contributed by atoms with van der Waals surface area (Å²) in [7, 11) is 0. The van der Waals surface area contributed by atoms with Crippen molar-refractivity contribution >= 4 is 0 Å². The van der Waals surface area contributed by atoms with Crippen LogP contribution >= 0.6 is 0 Å². The van der Waals surface area contributed by atoms with Crippen molar-refractivity contribution in [3.63, 3.8) is 0 Å². The Morgan fingerprint density at radius 3 is 2.73 bits per heavy atom. The summed E-state index contributed by atoms with van der Waals surface area (Å²) >= 11 is 0. The molecule has 0 saturated carbocycles. The lowest BCUT2D eigenvalue weighted by atomic mass is 10.0. The highest BCUT2D eigenvalue weighted by atomic mass is 14.6. The smallest absolute Gasteiger partial charge is 0.240 e. The zero-order chi connectivity index (χ0) is 8.27. The van der Waals surface area contributed by atoms with E-state index < -0.39 is 0 Å². The third-order valence-corrected chi connectivity index (χ3v) is 1.97. The second-order valence-corrected chi connectivity index (χ2v) is 2.68. The van der Waals surface area contributed by atoms with E-state index in [1.165, 1.54) is 11.1 Å². The maximum absolute atomic E-state index is 6.73. The SMILES string of the molecule is [C-]#[N+]Cc1cccc(C)c1C. The number of rotatable bonds is 1. The van der Waals surface area contributed by atoms with Crippen molar-refractivity contribution in [3.8, 4) is 0 Å². The van der Waals surface area contributed by atoms with E-state index in [4.69, 9.17) is 6.57 Å². The Kier molecular flexibility index (Phi) is 2.28. The van der Waals surface area contributed by atoms with Crippen LogP contribution in [0.5, 0.6) is 0 Å². The van der Waals surface area contributed by atoms with E-state index in [-0.39, 0.29) is 0 Å². The van der Waals surface area contributed by atoms with Gasteiger partial charge in [0.2, 0.25) is 6.54 Å². The molecule has 0 aromatic heterocycles. The fourth-order valence-electron chi connectivity index (χ4n) is 1.07. The fourth-order valence-corrected chi connectivity index (χ4v) is 1.07. The quantitative estimate of drug-likeness (QED) is 0.535. The van der Waals surface area contributed by atoms with E-state index in [0.29, 0.717) is 6.54 Å². The minimum atomic E-state index is 0.507. The van der Waals surface area contributed by atoms with Crippen LogP contribution in [-0.2, 0) is 6.54 Å². The Balaban J connectivity index is 3.08. The Labute approximate surface area is 67.5 Å². The van der Waals surface area contributed by atoms with Crippen LogP contribution in [0.15, 0.2) is 18.2 Å². The molecule has 1 aromatic carbocycles. The van der Waals surface area contributed by atoms with Gasteiger partial charge in [0.05, 0.1) is 0 Å². The molecular weight excluding hydrogens is 134 g/mol. The lowest BCUT2D eigenvalue weighted by Gasteiger charge is -2.01. The third-order valence-electron chi connectivity index (χ3n) is 1.97. The molecule has 11 heavy (non-hydrogen) atoms. The van der Waals surface area contributed by atoms with Crippen molar-refractivity contribution in [2.75, 3.05) is 0 Å². The van der Waals surface area contributed by atoms with Gasteiger partial charge in [-0.1, -0.05) is 18.2 Å². The van der Waals surface area contributed by atoms with Gasteiger partial charge in [0, 0.05) is 5.56 Å². The van der Waals surface area contributed by atoms with Crippen molar-refractivity contribution in [1.82, 2.24) is 0 Å². The minimum absolute atomic E-state index is 0.507. The molecule has 0 amide bonds. The lowest BCUT2D eigenvalue weighted by Crippen LogP contribution is -1.88. The van der Waals surface area contributed by atoms with Crippen LogP contribution in [0.25, 0.3) is 4.85 Å². The molecule has 0 radical (unpaired) electrons. The van der Waals surface area contributed by atoms with Crippen molar-refractivity contribution in [3.05, 3.63) is 46.3 Å². The van der Waals surface area contributed by atoms with Gasteiger partial charge in [0.1, 0.15) is 0 Å². The molecule has 1 heteroatoms. The van der Waals surface area contributed by atoms with E-state index in [1.54, 1.807) is 0 Å². The summed E-state index contributed by atoms with van der Waals surface area (Å²) in [6.45, 7) is 11.4. The van der Waals surface area contributed by atoms with Gasteiger partial charge in [-0.2, -0.15) is 0 Å². The van der Waals surface area contributed by atoms with Gasteiger partial charge in [-0.15, -0.1) is 0 Å². The summed E-state index contributed by atoms with van der Waals surface area (Å²) in [6, 6.07) is 6.09. The monoisotopic (exact) mass is 145 g/mol. The van der Waals surface area contributed by atoms with Gasteiger partial charge in [0.25, 0.3) is 0 Å². The number of benzene rings is 1. The molecule has 56 valence electrons. The van der Waals surface area contributed by atoms with Crippen LogP contribution in [0.1, 0.15) is 16.7 Å². The van der Waals surface area contributed by atoms with Gasteiger partial charge in [-0.05, 0) is 25.0 Å². The molecule has 0 bridgehead atoms. The fraction of sp³-hybridized carbons (Fsp3) is 0.300. The minimum Gasteiger partial charge on any atom is -0.312 e. The molecule has 0 unspecified atom stereocenters. The molecule has 0 aliphatic rings. The van der Waals surface area contributed by atoms with E-state index in [0.717, 1.165) is 5.56 Å². The molecule has 1 nitrogen and oxygen atoms in total. The Morgan fingerprint density at radius 2 is 2.09 bits per heavy atom. The molecule has 0 aliphatic heterocycles. The van der Waals surface area contributed by atoms with Crippen LogP contribution in [-0.4, -0.2) is 0 Å². The van der Waals surface area contributed by atoms with Crippen molar-refractivity contribution in [2.24, 2.45) is 0 Å². The second kappa shape index (κ2) is 3.21. The average Bonchev–Trinajstić information content (AvgIpc) is 1.99. The molecule has 0 heterocycles. The maximum atomic E-state index is 6.73. The molecule has 0 saturated heterocycles. The highest BCUT2D eigenvalue weighted by Gasteiger charge is 2.00. The largest absolute Gasteiger partial charge is 0.312 e. The number of aryl methyl sites for hydroxylation is 1. The van der Waals surface area contributed by atoms with Crippen molar-refractivity contribution < 1.29 is 0 Å². The zero-order valence-corrected chi connectivity index (χ0v) is 6.89. The Hall–Kier alpha value is -1.29. The van der Waals surface area contributed by atoms with Gasteiger partial charge in [0.15, 0.2) is 0 Å². The highest BCUT2D eigenvalue weighted by molar-refractivity contribution is 5.33. The predicted octanol–water partition coefficient (Wildman–Crippen LogP) is 2.72. The zero-order valence-electron chi connectivity index (χ0n) is 6.89. The molecule has 0 atom stereocenters. The van der Waals surface area contributed by atoms with E-state index in [1.807, 2.05) is 12.1 Å². The van der Waals surface area contributed by atoms with Gasteiger partial charge in [-0.3, -0.25) is 0 Å². The summed E-state index contributed by atoms with van der Waals surface area (Å²) in [5.41, 5.74) is 3.68. The summed E-state index contributed by atoms with van der Waals surface area (Å²) in [5.74, 6) is 0. The van der Waals surface area contributed by atoms with Gasteiger partial charge >= 0.3 is 0 Å². The first-order valence-corrected chi connectivity index (χ1v) is 3.64. The molecule has 1 rings (SSSR count). The van der Waals surface area contributed by atoms with E-state index >= 15 is 0 Å². The predicted molar refractivity (Wildman–Crippen MR) is 46.2 cm³/mol. The average molecular weight is 145 g/mol. The molecule has 0 spiro atoms. The Morgan fingerprint density at radius 1 is 1.36 bits per heavy atom. The lowest BCUT2D eigenvalue weighted by molar-refractivity contribution is 1.18. The molecule has 1 aromatic rings. The van der Waals surface area contributed by atoms with E-state index in [2.05, 4.69) is 24.8 Å². The first kappa shape index (κ1) is 7.81. The first-order chi connectivity index (χ1) is 5.25. The van der Waals surface area contributed by atoms with Crippen LogP contribution < -0.4 is 0 Å². The second-order valence-electron chi connectivity index (χ2n) is 2.68. The first-order valence-electron chi connectivity index (χ1n) is 3.64. The standard InChI is InChI=1S/C10H11N/c1-8-5-4-6-10(7-11-3)9(8)2/h4-6H,7H2,1-2H3. The van der Waals surface area contributed by atoms with Crippen molar-refractivity contribution in [1.29, 1.82) is 0 Å². The van der Waals surface area contributed by atoms with Crippen molar-refractivity contribution in [2.45, 2.75) is 20.4 Å². The maximum Gasteiger partial charge on any atom is 0.240 e. The van der Waals surface area contributed by atoms with E-state index in [9.17, 15) is 0 Å². The summed E-state index contributed by atoms with van der Waals surface area (Å²) in [4.78, 5) is 3.36. The highest BCUT2D eigenvalue weighted by Crippen LogP contribution is 2.13. The van der Waals surface area contributed by atoms with Gasteiger partial charge in [-0.25, -0.2) is 6.57 Å². The molecule has 0 aliphatic carbocycles. The molecular formula is C10H11N. The summed E-state index contributed by atoms with van der Waals surface area (Å²) < 4.78 is 0. The molecule has 0 N–H and O–H groups in total. The summed E-state index contributed by atoms with van der Waals surface area (Å²) in [6.07, 6.45) is 0.